The summed E-state index contributed by atoms with van der Waals surface area (Å²) < 4.78 is 12.1. The number of hydrogen-bond acceptors (Lipinski definition) is 3. The molecule has 0 aliphatic carbocycles. The van der Waals surface area contributed by atoms with Crippen molar-refractivity contribution in [3.8, 4) is 5.75 Å². The van der Waals surface area contributed by atoms with Gasteiger partial charge in [-0.3, -0.25) is 0 Å². The normalized spacial score (nSPS) is 28.1. The van der Waals surface area contributed by atoms with Gasteiger partial charge in [-0.1, -0.05) is 18.2 Å². The van der Waals surface area contributed by atoms with Crippen LogP contribution in [0.3, 0.4) is 0 Å². The molecule has 1 saturated heterocycles. The van der Waals surface area contributed by atoms with E-state index in [1.165, 1.54) is 5.56 Å². The van der Waals surface area contributed by atoms with Gasteiger partial charge in [0.2, 0.25) is 0 Å². The Morgan fingerprint density at radius 3 is 2.85 bits per heavy atom. The predicted molar refractivity (Wildman–Crippen MR) is 79.6 cm³/mol. The van der Waals surface area contributed by atoms with Gasteiger partial charge in [-0.25, -0.2) is 0 Å². The van der Waals surface area contributed by atoms with Crippen molar-refractivity contribution in [2.24, 2.45) is 0 Å². The van der Waals surface area contributed by atoms with Crippen LogP contribution in [0.25, 0.3) is 0 Å². The van der Waals surface area contributed by atoms with Gasteiger partial charge in [0.25, 0.3) is 0 Å². The van der Waals surface area contributed by atoms with Crippen molar-refractivity contribution in [3.05, 3.63) is 54.0 Å². The van der Waals surface area contributed by atoms with Gasteiger partial charge in [-0.05, 0) is 25.2 Å². The molecule has 2 aliphatic rings. The van der Waals surface area contributed by atoms with Crippen LogP contribution < -0.4 is 4.74 Å². The van der Waals surface area contributed by atoms with Crippen molar-refractivity contribution >= 4 is 12.4 Å². The zero-order valence-electron chi connectivity index (χ0n) is 11.4. The molecule has 0 N–H and O–H groups in total. The first kappa shape index (κ1) is 13.5. The van der Waals surface area contributed by atoms with Gasteiger partial charge < -0.3 is 14.1 Å². The molecule has 2 aliphatic heterocycles. The second-order valence-electron chi connectivity index (χ2n) is 5.57. The number of ether oxygens (including phenoxy) is 1. The summed E-state index contributed by atoms with van der Waals surface area (Å²) >= 11 is 0. The molecule has 2 unspecified atom stereocenters. The Hall–Kier alpha value is -1.45. The lowest BCUT2D eigenvalue weighted by Gasteiger charge is -2.40. The number of rotatable bonds is 1. The number of furan rings is 1. The summed E-state index contributed by atoms with van der Waals surface area (Å²) in [5, 5.41) is 0. The number of para-hydroxylation sites is 1. The van der Waals surface area contributed by atoms with Crippen LogP contribution in [-0.2, 0) is 5.60 Å². The first-order valence-electron chi connectivity index (χ1n) is 6.80. The minimum atomic E-state index is -0.306. The molecule has 106 valence electrons. The summed E-state index contributed by atoms with van der Waals surface area (Å²) in [6.45, 7) is 2.04. The van der Waals surface area contributed by atoms with Gasteiger partial charge in [0.05, 0.1) is 6.26 Å². The van der Waals surface area contributed by atoms with Crippen LogP contribution in [-0.4, -0.2) is 25.0 Å². The Balaban J connectivity index is 0.00000121. The van der Waals surface area contributed by atoms with Crippen LogP contribution in [0.2, 0.25) is 0 Å². The number of piperidine rings is 1. The minimum Gasteiger partial charge on any atom is -0.478 e. The minimum absolute atomic E-state index is 0. The topological polar surface area (TPSA) is 25.6 Å². The number of likely N-dealkylation sites (tertiary alicyclic amines) is 1. The third-order valence-corrected chi connectivity index (χ3v) is 4.45. The van der Waals surface area contributed by atoms with Crippen molar-refractivity contribution in [2.75, 3.05) is 20.1 Å². The molecule has 0 bridgehead atoms. The SMILES string of the molecule is CN1CCC2(c3ccco3)Oc3ccccc3C2C1.Cl. The van der Waals surface area contributed by atoms with Crippen LogP contribution in [0.4, 0.5) is 0 Å². The standard InChI is InChI=1S/C16H17NO2.ClH/c1-17-9-8-16(15-7-4-10-18-15)13(11-17)12-5-2-3-6-14(12)19-16;/h2-7,10,13H,8-9,11H2,1H3;1H. The molecule has 3 heterocycles. The fourth-order valence-electron chi connectivity index (χ4n) is 3.48. The van der Waals surface area contributed by atoms with E-state index in [0.717, 1.165) is 31.0 Å². The third-order valence-electron chi connectivity index (χ3n) is 4.45. The van der Waals surface area contributed by atoms with E-state index in [1.807, 2.05) is 18.2 Å². The molecule has 20 heavy (non-hydrogen) atoms. The molecular weight excluding hydrogens is 274 g/mol. The molecule has 2 aromatic rings. The molecular formula is C16H18ClNO2. The van der Waals surface area contributed by atoms with Gasteiger partial charge in [0.1, 0.15) is 11.5 Å². The summed E-state index contributed by atoms with van der Waals surface area (Å²) in [6.07, 6.45) is 2.71. The van der Waals surface area contributed by atoms with E-state index in [2.05, 4.69) is 30.1 Å². The van der Waals surface area contributed by atoms with Crippen LogP contribution in [0, 0.1) is 0 Å². The maximum atomic E-state index is 6.37. The highest BCUT2D eigenvalue weighted by molar-refractivity contribution is 5.85. The Kier molecular flexibility index (Phi) is 3.27. The number of benzene rings is 1. The van der Waals surface area contributed by atoms with Crippen molar-refractivity contribution in [2.45, 2.75) is 17.9 Å². The second kappa shape index (κ2) is 4.83. The van der Waals surface area contributed by atoms with Crippen molar-refractivity contribution in [1.29, 1.82) is 0 Å². The zero-order valence-corrected chi connectivity index (χ0v) is 12.2. The lowest BCUT2D eigenvalue weighted by Crippen LogP contribution is -2.47. The Labute approximate surface area is 124 Å². The highest BCUT2D eigenvalue weighted by Gasteiger charge is 2.53. The highest BCUT2D eigenvalue weighted by Crippen LogP contribution is 2.54. The summed E-state index contributed by atoms with van der Waals surface area (Å²) in [4.78, 5) is 2.37. The van der Waals surface area contributed by atoms with Gasteiger partial charge in [0.15, 0.2) is 5.60 Å². The van der Waals surface area contributed by atoms with Crippen LogP contribution in [0.5, 0.6) is 5.75 Å². The average Bonchev–Trinajstić information content (AvgIpc) is 3.04. The van der Waals surface area contributed by atoms with Crippen molar-refractivity contribution in [3.63, 3.8) is 0 Å². The first-order valence-corrected chi connectivity index (χ1v) is 6.80. The third kappa shape index (κ3) is 1.77. The van der Waals surface area contributed by atoms with Crippen LogP contribution >= 0.6 is 12.4 Å². The maximum Gasteiger partial charge on any atom is 0.175 e. The number of hydrogen-bond donors (Lipinski definition) is 0. The summed E-state index contributed by atoms with van der Waals surface area (Å²) in [6, 6.07) is 12.4. The smallest absolute Gasteiger partial charge is 0.175 e. The van der Waals surface area contributed by atoms with E-state index in [-0.39, 0.29) is 18.0 Å². The monoisotopic (exact) mass is 291 g/mol. The van der Waals surface area contributed by atoms with E-state index in [9.17, 15) is 0 Å². The number of nitrogens with zero attached hydrogens (tertiary/aromatic N) is 1. The van der Waals surface area contributed by atoms with Crippen LogP contribution in [0.15, 0.2) is 47.1 Å². The predicted octanol–water partition coefficient (Wildman–Crippen LogP) is 3.41. The maximum absolute atomic E-state index is 6.37. The molecule has 4 heteroatoms. The molecule has 0 spiro atoms. The van der Waals surface area contributed by atoms with Crippen molar-refractivity contribution in [1.82, 2.24) is 4.90 Å². The molecule has 0 radical (unpaired) electrons. The quantitative estimate of drug-likeness (QED) is 0.805. The van der Waals surface area contributed by atoms with Gasteiger partial charge >= 0.3 is 0 Å². The average molecular weight is 292 g/mol. The highest BCUT2D eigenvalue weighted by atomic mass is 35.5. The fourth-order valence-corrected chi connectivity index (χ4v) is 3.48. The Morgan fingerprint density at radius 2 is 2.05 bits per heavy atom. The molecule has 4 rings (SSSR count). The molecule has 3 nitrogen and oxygen atoms in total. The lowest BCUT2D eigenvalue weighted by molar-refractivity contribution is -0.0106. The number of halogens is 1. The summed E-state index contributed by atoms with van der Waals surface area (Å²) in [5.41, 5.74) is 1.00. The molecule has 1 aromatic heterocycles. The van der Waals surface area contributed by atoms with Crippen molar-refractivity contribution < 1.29 is 9.15 Å². The Bertz CT molecular complexity index is 598. The summed E-state index contributed by atoms with van der Waals surface area (Å²) in [7, 11) is 2.17. The van der Waals surface area contributed by atoms with Gasteiger partial charge in [-0.15, -0.1) is 12.4 Å². The fraction of sp³-hybridized carbons (Fsp3) is 0.375. The molecule has 1 fully saturated rings. The van der Waals surface area contributed by atoms with E-state index >= 15 is 0 Å². The molecule has 2 atom stereocenters. The van der Waals surface area contributed by atoms with Gasteiger partial charge in [0, 0.05) is 31.0 Å². The largest absolute Gasteiger partial charge is 0.478 e. The first-order chi connectivity index (χ1) is 9.29. The van der Waals surface area contributed by atoms with Crippen LogP contribution in [0.1, 0.15) is 23.7 Å². The van der Waals surface area contributed by atoms with E-state index in [4.69, 9.17) is 9.15 Å². The number of fused-ring (bicyclic) bond motifs is 3. The van der Waals surface area contributed by atoms with Gasteiger partial charge in [-0.2, -0.15) is 0 Å². The zero-order chi connectivity index (χ0) is 12.9. The molecule has 0 saturated carbocycles. The van der Waals surface area contributed by atoms with E-state index in [1.54, 1.807) is 6.26 Å². The second-order valence-corrected chi connectivity index (χ2v) is 5.57. The lowest BCUT2D eigenvalue weighted by atomic mass is 9.77. The number of likely N-dealkylation sites (N-methyl/N-ethyl adjacent to an activating group) is 1. The van der Waals surface area contributed by atoms with E-state index in [0.29, 0.717) is 5.92 Å². The molecule has 0 amide bonds. The summed E-state index contributed by atoms with van der Waals surface area (Å²) in [5.74, 6) is 2.33. The van der Waals surface area contributed by atoms with E-state index < -0.39 is 0 Å². The Morgan fingerprint density at radius 1 is 1.20 bits per heavy atom. The molecule has 1 aromatic carbocycles.